The summed E-state index contributed by atoms with van der Waals surface area (Å²) < 4.78 is 37.3. The van der Waals surface area contributed by atoms with E-state index in [1.165, 1.54) is 15.6 Å². The summed E-state index contributed by atoms with van der Waals surface area (Å²) >= 11 is 1.27. The molecule has 0 bridgehead atoms. The molecule has 1 aromatic carbocycles. The second-order valence-electron chi connectivity index (χ2n) is 4.80. The van der Waals surface area contributed by atoms with Gasteiger partial charge < -0.3 is 9.47 Å². The normalized spacial score (nSPS) is 11.7. The predicted molar refractivity (Wildman–Crippen MR) is 87.3 cm³/mol. The molecule has 2 aromatic rings. The minimum Gasteiger partial charge on any atom is -0.497 e. The van der Waals surface area contributed by atoms with E-state index in [0.29, 0.717) is 15.7 Å². The van der Waals surface area contributed by atoms with Gasteiger partial charge in [-0.2, -0.15) is 4.31 Å². The molecule has 0 N–H and O–H groups in total. The van der Waals surface area contributed by atoms with Crippen molar-refractivity contribution in [3.05, 3.63) is 40.8 Å². The van der Waals surface area contributed by atoms with Gasteiger partial charge in [-0.1, -0.05) is 0 Å². The van der Waals surface area contributed by atoms with E-state index in [2.05, 4.69) is 0 Å². The monoisotopic (exact) mass is 341 g/mol. The van der Waals surface area contributed by atoms with Crippen LogP contribution in [-0.2, 0) is 16.6 Å². The maximum atomic E-state index is 12.6. The van der Waals surface area contributed by atoms with Crippen molar-refractivity contribution in [1.29, 1.82) is 0 Å². The molecule has 0 saturated carbocycles. The average molecular weight is 341 g/mol. The third-order valence-electron chi connectivity index (χ3n) is 3.26. The van der Waals surface area contributed by atoms with Crippen molar-refractivity contribution in [3.63, 3.8) is 0 Å². The Kier molecular flexibility index (Phi) is 5.10. The van der Waals surface area contributed by atoms with E-state index in [9.17, 15) is 8.42 Å². The zero-order chi connectivity index (χ0) is 16.3. The number of methoxy groups -OCH3 is 2. The molecule has 7 heteroatoms. The van der Waals surface area contributed by atoms with Crippen molar-refractivity contribution < 1.29 is 17.9 Å². The summed E-state index contributed by atoms with van der Waals surface area (Å²) in [4.78, 5) is 0.964. The van der Waals surface area contributed by atoms with Gasteiger partial charge in [0.1, 0.15) is 15.7 Å². The van der Waals surface area contributed by atoms with Crippen LogP contribution in [0.25, 0.3) is 0 Å². The third kappa shape index (κ3) is 3.43. The average Bonchev–Trinajstić information content (AvgIpc) is 2.94. The molecule has 0 spiro atoms. The van der Waals surface area contributed by atoms with Crippen LogP contribution in [0.15, 0.2) is 34.5 Å². The van der Waals surface area contributed by atoms with Crippen molar-refractivity contribution in [3.8, 4) is 11.5 Å². The molecule has 0 aliphatic carbocycles. The van der Waals surface area contributed by atoms with Gasteiger partial charge in [0.15, 0.2) is 0 Å². The summed E-state index contributed by atoms with van der Waals surface area (Å²) in [5.74, 6) is 1.29. The first-order valence-corrected chi connectivity index (χ1v) is 8.88. The molecule has 1 heterocycles. The van der Waals surface area contributed by atoms with Gasteiger partial charge in [-0.15, -0.1) is 11.3 Å². The van der Waals surface area contributed by atoms with Gasteiger partial charge in [-0.05, 0) is 37.3 Å². The van der Waals surface area contributed by atoms with Crippen LogP contribution in [0.5, 0.6) is 11.5 Å². The van der Waals surface area contributed by atoms with E-state index < -0.39 is 10.0 Å². The van der Waals surface area contributed by atoms with E-state index in [4.69, 9.17) is 9.47 Å². The van der Waals surface area contributed by atoms with Gasteiger partial charge in [0, 0.05) is 24.0 Å². The number of rotatable bonds is 6. The SMILES string of the molecule is COc1ccc(OC)c(CN(C)S(=O)(=O)c2ccc(C)s2)c1. The molecule has 0 fully saturated rings. The van der Waals surface area contributed by atoms with Crippen LogP contribution in [0, 0.1) is 6.92 Å². The maximum Gasteiger partial charge on any atom is 0.252 e. The fraction of sp³-hybridized carbons (Fsp3) is 0.333. The summed E-state index contributed by atoms with van der Waals surface area (Å²) in [5.41, 5.74) is 0.751. The highest BCUT2D eigenvalue weighted by atomic mass is 32.2. The summed E-state index contributed by atoms with van der Waals surface area (Å²) in [7, 11) is 1.18. The second kappa shape index (κ2) is 6.68. The fourth-order valence-corrected chi connectivity index (χ4v) is 4.68. The summed E-state index contributed by atoms with van der Waals surface area (Å²) in [5, 5.41) is 0. The number of ether oxygens (including phenoxy) is 2. The van der Waals surface area contributed by atoms with Crippen LogP contribution in [-0.4, -0.2) is 34.0 Å². The van der Waals surface area contributed by atoms with Gasteiger partial charge >= 0.3 is 0 Å². The van der Waals surface area contributed by atoms with Crippen LogP contribution in [0.4, 0.5) is 0 Å². The Hall–Kier alpha value is -1.57. The first-order valence-electron chi connectivity index (χ1n) is 6.62. The number of hydrogen-bond donors (Lipinski definition) is 0. The number of benzene rings is 1. The molecular weight excluding hydrogens is 322 g/mol. The van der Waals surface area contributed by atoms with E-state index in [1.54, 1.807) is 51.6 Å². The lowest BCUT2D eigenvalue weighted by molar-refractivity contribution is 0.389. The van der Waals surface area contributed by atoms with Crippen molar-refractivity contribution in [2.45, 2.75) is 17.7 Å². The molecule has 0 radical (unpaired) electrons. The highest BCUT2D eigenvalue weighted by Gasteiger charge is 2.23. The van der Waals surface area contributed by atoms with E-state index in [-0.39, 0.29) is 6.54 Å². The molecule has 22 heavy (non-hydrogen) atoms. The van der Waals surface area contributed by atoms with Crippen LogP contribution in [0.1, 0.15) is 10.4 Å². The Balaban J connectivity index is 2.30. The zero-order valence-corrected chi connectivity index (χ0v) is 14.6. The summed E-state index contributed by atoms with van der Waals surface area (Å²) in [6, 6.07) is 8.76. The first-order chi connectivity index (χ1) is 10.4. The molecule has 0 aliphatic heterocycles. The summed E-state index contributed by atoms with van der Waals surface area (Å²) in [6.07, 6.45) is 0. The quantitative estimate of drug-likeness (QED) is 0.811. The second-order valence-corrected chi connectivity index (χ2v) is 8.36. The Morgan fingerprint density at radius 1 is 1.14 bits per heavy atom. The van der Waals surface area contributed by atoms with Gasteiger partial charge in [0.25, 0.3) is 10.0 Å². The van der Waals surface area contributed by atoms with Crippen LogP contribution < -0.4 is 9.47 Å². The molecule has 0 atom stereocenters. The topological polar surface area (TPSA) is 55.8 Å². The smallest absolute Gasteiger partial charge is 0.252 e. The Morgan fingerprint density at radius 2 is 1.86 bits per heavy atom. The van der Waals surface area contributed by atoms with E-state index >= 15 is 0 Å². The summed E-state index contributed by atoms with van der Waals surface area (Å²) in [6.45, 7) is 2.09. The molecule has 0 unspecified atom stereocenters. The lowest BCUT2D eigenvalue weighted by atomic mass is 10.2. The van der Waals surface area contributed by atoms with Crippen molar-refractivity contribution >= 4 is 21.4 Å². The minimum atomic E-state index is -3.51. The molecule has 0 aliphatic rings. The van der Waals surface area contributed by atoms with Crippen molar-refractivity contribution in [2.75, 3.05) is 21.3 Å². The standard InChI is InChI=1S/C15H19NO4S2/c1-11-5-8-15(21-11)22(17,18)16(2)10-12-9-13(19-3)6-7-14(12)20-4/h5-9H,10H2,1-4H3. The van der Waals surface area contributed by atoms with Crippen LogP contribution in [0.3, 0.4) is 0 Å². The Labute approximate surface area is 135 Å². The molecule has 120 valence electrons. The highest BCUT2D eigenvalue weighted by molar-refractivity contribution is 7.91. The number of nitrogens with zero attached hydrogens (tertiary/aromatic N) is 1. The maximum absolute atomic E-state index is 12.6. The van der Waals surface area contributed by atoms with Gasteiger partial charge in [0.05, 0.1) is 14.2 Å². The van der Waals surface area contributed by atoms with Crippen molar-refractivity contribution in [1.82, 2.24) is 4.31 Å². The van der Waals surface area contributed by atoms with E-state index in [1.807, 2.05) is 6.92 Å². The van der Waals surface area contributed by atoms with Gasteiger partial charge in [0.2, 0.25) is 0 Å². The number of hydrogen-bond acceptors (Lipinski definition) is 5. The number of thiophene rings is 1. The van der Waals surface area contributed by atoms with E-state index in [0.717, 1.165) is 10.4 Å². The number of aryl methyl sites for hydroxylation is 1. The molecular formula is C15H19NO4S2. The largest absolute Gasteiger partial charge is 0.497 e. The first kappa shape index (κ1) is 16.8. The highest BCUT2D eigenvalue weighted by Crippen LogP contribution is 2.28. The molecule has 1 aromatic heterocycles. The van der Waals surface area contributed by atoms with Gasteiger partial charge in [-0.25, -0.2) is 8.42 Å². The zero-order valence-electron chi connectivity index (χ0n) is 13.0. The molecule has 0 amide bonds. The lowest BCUT2D eigenvalue weighted by Gasteiger charge is -2.18. The Bertz CT molecular complexity index is 753. The molecule has 2 rings (SSSR count). The fourth-order valence-electron chi connectivity index (χ4n) is 2.03. The lowest BCUT2D eigenvalue weighted by Crippen LogP contribution is -2.26. The van der Waals surface area contributed by atoms with Crippen LogP contribution >= 0.6 is 11.3 Å². The van der Waals surface area contributed by atoms with Gasteiger partial charge in [-0.3, -0.25) is 0 Å². The van der Waals surface area contributed by atoms with Crippen LogP contribution in [0.2, 0.25) is 0 Å². The molecule has 5 nitrogen and oxygen atoms in total. The minimum absolute atomic E-state index is 0.208. The molecule has 0 saturated heterocycles. The number of sulfonamides is 1. The third-order valence-corrected chi connectivity index (χ3v) is 6.53. The van der Waals surface area contributed by atoms with Crippen molar-refractivity contribution in [2.24, 2.45) is 0 Å². The Morgan fingerprint density at radius 3 is 2.41 bits per heavy atom. The predicted octanol–water partition coefficient (Wildman–Crippen LogP) is 2.89.